The molecule has 0 bridgehead atoms. The van der Waals surface area contributed by atoms with Gasteiger partial charge >= 0.3 is 5.63 Å². The van der Waals surface area contributed by atoms with E-state index in [-0.39, 0.29) is 5.63 Å². The Hall–Kier alpha value is -1.97. The van der Waals surface area contributed by atoms with Gasteiger partial charge in [-0.3, -0.25) is 0 Å². The lowest BCUT2D eigenvalue weighted by Gasteiger charge is -2.05. The number of aromatic nitrogens is 1. The third kappa shape index (κ3) is 1.54. The molecule has 0 atom stereocenters. The van der Waals surface area contributed by atoms with E-state index in [4.69, 9.17) is 9.26 Å². The highest BCUT2D eigenvalue weighted by Crippen LogP contribution is 2.28. The van der Waals surface area contributed by atoms with Crippen molar-refractivity contribution >= 4 is 0 Å². The van der Waals surface area contributed by atoms with Gasteiger partial charge in [0.2, 0.25) is 0 Å². The molecule has 15 heavy (non-hydrogen) atoms. The van der Waals surface area contributed by atoms with Crippen molar-refractivity contribution in [1.82, 2.24) is 5.16 Å². The van der Waals surface area contributed by atoms with Crippen LogP contribution in [-0.2, 0) is 0 Å². The third-order valence-corrected chi connectivity index (χ3v) is 2.30. The molecule has 0 aliphatic heterocycles. The maximum Gasteiger partial charge on any atom is 0.360 e. The van der Waals surface area contributed by atoms with Crippen LogP contribution in [-0.4, -0.2) is 12.3 Å². The van der Waals surface area contributed by atoms with E-state index in [1.807, 2.05) is 24.3 Å². The molecule has 0 unspecified atom stereocenters. The van der Waals surface area contributed by atoms with E-state index < -0.39 is 0 Å². The Morgan fingerprint density at radius 3 is 2.67 bits per heavy atom. The highest BCUT2D eigenvalue weighted by molar-refractivity contribution is 5.68. The molecule has 2 aromatic rings. The van der Waals surface area contributed by atoms with Crippen LogP contribution in [0.5, 0.6) is 5.75 Å². The lowest BCUT2D eigenvalue weighted by molar-refractivity contribution is 0.391. The van der Waals surface area contributed by atoms with Crippen LogP contribution in [0.4, 0.5) is 0 Å². The largest absolute Gasteiger partial charge is 0.496 e. The minimum absolute atomic E-state index is 0.351. The summed E-state index contributed by atoms with van der Waals surface area (Å²) in [5.74, 6) is 0.706. The van der Waals surface area contributed by atoms with Gasteiger partial charge in [-0.15, -0.1) is 0 Å². The number of rotatable bonds is 2. The molecule has 4 nitrogen and oxygen atoms in total. The van der Waals surface area contributed by atoms with Gasteiger partial charge in [-0.05, 0) is 19.1 Å². The van der Waals surface area contributed by atoms with Crippen LogP contribution < -0.4 is 10.4 Å². The quantitative estimate of drug-likeness (QED) is 0.815. The molecular weight excluding hydrogens is 194 g/mol. The fraction of sp³-hybridized carbons (Fsp3) is 0.182. The predicted octanol–water partition coefficient (Wildman–Crippen LogP) is 1.95. The summed E-state index contributed by atoms with van der Waals surface area (Å²) in [5, 5.41) is 2.60. The van der Waals surface area contributed by atoms with Crippen molar-refractivity contribution < 1.29 is 9.26 Å². The Kier molecular flexibility index (Phi) is 2.33. The van der Waals surface area contributed by atoms with Gasteiger partial charge in [0.1, 0.15) is 5.75 Å². The van der Waals surface area contributed by atoms with Crippen LogP contribution >= 0.6 is 0 Å². The van der Waals surface area contributed by atoms with Gasteiger partial charge in [0.05, 0.1) is 18.4 Å². The maximum absolute atomic E-state index is 11.2. The first kappa shape index (κ1) is 9.58. The number of benzene rings is 1. The molecule has 78 valence electrons. The van der Waals surface area contributed by atoms with Gasteiger partial charge in [-0.1, -0.05) is 12.1 Å². The molecule has 0 saturated heterocycles. The smallest absolute Gasteiger partial charge is 0.360 e. The Balaban J connectivity index is 2.63. The van der Waals surface area contributed by atoms with E-state index in [0.717, 1.165) is 5.56 Å². The van der Waals surface area contributed by atoms with Gasteiger partial charge in [-0.25, -0.2) is 9.95 Å². The van der Waals surface area contributed by atoms with E-state index >= 15 is 0 Å². The summed E-state index contributed by atoms with van der Waals surface area (Å²) in [4.78, 5) is 11.2. The topological polar surface area (TPSA) is 55.2 Å². The van der Waals surface area contributed by atoms with E-state index in [9.17, 15) is 4.79 Å². The standard InChI is InChI=1S/C11H11NO3/c1-7-10(12-15-11(7)13)8-5-3-4-6-9(8)14-2/h3-6,12H,1-2H3. The molecule has 1 aromatic heterocycles. The number of nitrogens with one attached hydrogen (secondary N) is 1. The lowest BCUT2D eigenvalue weighted by atomic mass is 10.1. The highest BCUT2D eigenvalue weighted by Gasteiger charge is 2.12. The summed E-state index contributed by atoms with van der Waals surface area (Å²) < 4.78 is 9.91. The van der Waals surface area contributed by atoms with Gasteiger partial charge in [0.15, 0.2) is 0 Å². The Morgan fingerprint density at radius 1 is 1.33 bits per heavy atom. The zero-order valence-electron chi connectivity index (χ0n) is 8.53. The van der Waals surface area contributed by atoms with Crippen molar-refractivity contribution in [2.45, 2.75) is 6.92 Å². The first-order valence-electron chi connectivity index (χ1n) is 4.55. The first-order chi connectivity index (χ1) is 7.24. The van der Waals surface area contributed by atoms with Crippen LogP contribution in [0, 0.1) is 6.92 Å². The van der Waals surface area contributed by atoms with Crippen LogP contribution in [0.1, 0.15) is 5.56 Å². The van der Waals surface area contributed by atoms with Crippen LogP contribution in [0.3, 0.4) is 0 Å². The Labute approximate surface area is 86.5 Å². The molecular formula is C11H11NO3. The molecule has 1 heterocycles. The maximum atomic E-state index is 11.2. The normalized spacial score (nSPS) is 10.3. The van der Waals surface area contributed by atoms with Crippen molar-refractivity contribution in [2.24, 2.45) is 0 Å². The number of methoxy groups -OCH3 is 1. The molecule has 0 spiro atoms. The van der Waals surface area contributed by atoms with Crippen LogP contribution in [0.25, 0.3) is 11.3 Å². The van der Waals surface area contributed by atoms with E-state index in [0.29, 0.717) is 17.0 Å². The van der Waals surface area contributed by atoms with Crippen molar-refractivity contribution in [3.8, 4) is 17.0 Å². The molecule has 0 aliphatic rings. The minimum atomic E-state index is -0.351. The molecule has 0 fully saturated rings. The zero-order valence-corrected chi connectivity index (χ0v) is 8.53. The van der Waals surface area contributed by atoms with Crippen molar-refractivity contribution in [3.63, 3.8) is 0 Å². The van der Waals surface area contributed by atoms with Crippen molar-refractivity contribution in [3.05, 3.63) is 40.2 Å². The van der Waals surface area contributed by atoms with Crippen LogP contribution in [0.2, 0.25) is 0 Å². The summed E-state index contributed by atoms with van der Waals surface area (Å²) in [5.41, 5.74) is 1.69. The number of aromatic amines is 1. The average molecular weight is 205 g/mol. The molecule has 0 aliphatic carbocycles. The number of hydrogen-bond acceptors (Lipinski definition) is 3. The molecule has 2 rings (SSSR count). The number of H-pyrrole nitrogens is 1. The summed E-state index contributed by atoms with van der Waals surface area (Å²) in [6.45, 7) is 1.71. The van der Waals surface area contributed by atoms with Crippen molar-refractivity contribution in [1.29, 1.82) is 0 Å². The van der Waals surface area contributed by atoms with E-state index in [1.54, 1.807) is 14.0 Å². The van der Waals surface area contributed by atoms with Gasteiger partial charge < -0.3 is 9.26 Å². The summed E-state index contributed by atoms with van der Waals surface area (Å²) in [6.07, 6.45) is 0. The van der Waals surface area contributed by atoms with Gasteiger partial charge in [0.25, 0.3) is 0 Å². The molecule has 1 aromatic carbocycles. The highest BCUT2D eigenvalue weighted by atomic mass is 16.5. The summed E-state index contributed by atoms with van der Waals surface area (Å²) >= 11 is 0. The molecule has 4 heteroatoms. The molecule has 0 amide bonds. The monoisotopic (exact) mass is 205 g/mol. The zero-order chi connectivity index (χ0) is 10.8. The van der Waals surface area contributed by atoms with Gasteiger partial charge in [-0.2, -0.15) is 0 Å². The predicted molar refractivity (Wildman–Crippen MR) is 56.1 cm³/mol. The van der Waals surface area contributed by atoms with Gasteiger partial charge in [0, 0.05) is 5.56 Å². The lowest BCUT2D eigenvalue weighted by Crippen LogP contribution is -1.96. The summed E-state index contributed by atoms with van der Waals surface area (Å²) in [6, 6.07) is 7.45. The second-order valence-electron chi connectivity index (χ2n) is 3.19. The molecule has 0 saturated carbocycles. The van der Waals surface area contributed by atoms with Crippen LogP contribution in [0.15, 0.2) is 33.6 Å². The Bertz CT molecular complexity index is 525. The minimum Gasteiger partial charge on any atom is -0.496 e. The number of ether oxygens (including phenoxy) is 1. The Morgan fingerprint density at radius 2 is 2.07 bits per heavy atom. The van der Waals surface area contributed by atoms with E-state index in [2.05, 4.69) is 5.16 Å². The first-order valence-corrected chi connectivity index (χ1v) is 4.55. The van der Waals surface area contributed by atoms with Crippen molar-refractivity contribution in [2.75, 3.05) is 7.11 Å². The second kappa shape index (κ2) is 3.65. The SMILES string of the molecule is COc1ccccc1-c1[nH]oc(=O)c1C. The van der Waals surface area contributed by atoms with E-state index in [1.165, 1.54) is 0 Å². The molecule has 0 radical (unpaired) electrons. The number of para-hydroxylation sites is 1. The average Bonchev–Trinajstić information content (AvgIpc) is 2.60. The number of hydrogen-bond donors (Lipinski definition) is 1. The third-order valence-electron chi connectivity index (χ3n) is 2.30. The fourth-order valence-corrected chi connectivity index (χ4v) is 1.46. The second-order valence-corrected chi connectivity index (χ2v) is 3.19. The fourth-order valence-electron chi connectivity index (χ4n) is 1.46. The molecule has 1 N–H and O–H groups in total. The summed E-state index contributed by atoms with van der Waals surface area (Å²) in [7, 11) is 1.59.